The van der Waals surface area contributed by atoms with Crippen LogP contribution in [0.15, 0.2) is 47.6 Å². The van der Waals surface area contributed by atoms with Gasteiger partial charge in [0.25, 0.3) is 0 Å². The van der Waals surface area contributed by atoms with Crippen LogP contribution in [0.25, 0.3) is 5.69 Å². The zero-order valence-corrected chi connectivity index (χ0v) is 15.8. The van der Waals surface area contributed by atoms with Gasteiger partial charge in [-0.25, -0.2) is 0 Å². The van der Waals surface area contributed by atoms with Crippen LogP contribution in [0.4, 0.5) is 5.69 Å². The molecule has 3 aromatic rings. The predicted octanol–water partition coefficient (Wildman–Crippen LogP) is 3.27. The molecule has 2 aromatic carbocycles. The van der Waals surface area contributed by atoms with E-state index in [2.05, 4.69) is 26.9 Å². The van der Waals surface area contributed by atoms with Gasteiger partial charge in [0.1, 0.15) is 6.07 Å². The Morgan fingerprint density at radius 3 is 2.67 bits per heavy atom. The fourth-order valence-electron chi connectivity index (χ4n) is 2.69. The zero-order chi connectivity index (χ0) is 19.2. The number of aromatic nitrogens is 4. The van der Waals surface area contributed by atoms with Gasteiger partial charge in [0.05, 0.1) is 16.9 Å². The highest BCUT2D eigenvalue weighted by atomic mass is 32.2. The quantitative estimate of drug-likeness (QED) is 0.661. The summed E-state index contributed by atoms with van der Waals surface area (Å²) >= 11 is 1.42. The third kappa shape index (κ3) is 4.33. The normalized spacial score (nSPS) is 10.4. The number of hydrogen-bond donors (Lipinski definition) is 1. The van der Waals surface area contributed by atoms with Crippen LogP contribution in [0.5, 0.6) is 0 Å². The average molecular weight is 378 g/mol. The van der Waals surface area contributed by atoms with E-state index >= 15 is 0 Å². The molecule has 0 saturated heterocycles. The highest BCUT2D eigenvalue weighted by Crippen LogP contribution is 2.24. The lowest BCUT2D eigenvalue weighted by Gasteiger charge is -2.10. The van der Waals surface area contributed by atoms with E-state index in [-0.39, 0.29) is 12.3 Å². The van der Waals surface area contributed by atoms with Crippen molar-refractivity contribution in [2.75, 3.05) is 11.1 Å². The summed E-state index contributed by atoms with van der Waals surface area (Å²) in [5.74, 6) is 0.363. The second-order valence-electron chi connectivity index (χ2n) is 5.92. The Kier molecular flexibility index (Phi) is 5.84. The second-order valence-corrected chi connectivity index (χ2v) is 6.98. The molecule has 8 heteroatoms. The number of nitriles is 1. The molecule has 0 unspecified atom stereocenters. The summed E-state index contributed by atoms with van der Waals surface area (Å²) in [5.41, 5.74) is 4.08. The number of benzene rings is 2. The number of hydrogen-bond acceptors (Lipinski definition) is 6. The summed E-state index contributed by atoms with van der Waals surface area (Å²) < 4.78 is 1.71. The molecule has 1 aromatic heterocycles. The number of amides is 1. The van der Waals surface area contributed by atoms with Gasteiger partial charge in [-0.2, -0.15) is 9.94 Å². The van der Waals surface area contributed by atoms with Crippen LogP contribution in [0.1, 0.15) is 23.1 Å². The topological polar surface area (TPSA) is 96.5 Å². The SMILES string of the molecule is Cc1cccc(C)c1-n1nnnc1SCCC(=O)Nc1ccccc1C#N. The highest BCUT2D eigenvalue weighted by molar-refractivity contribution is 7.99. The molecule has 3 rings (SSSR count). The smallest absolute Gasteiger partial charge is 0.225 e. The van der Waals surface area contributed by atoms with Crippen LogP contribution in [0, 0.1) is 25.2 Å². The maximum absolute atomic E-state index is 12.2. The van der Waals surface area contributed by atoms with Crippen LogP contribution < -0.4 is 5.32 Å². The minimum absolute atomic E-state index is 0.156. The third-order valence-corrected chi connectivity index (χ3v) is 4.90. The van der Waals surface area contributed by atoms with Crippen LogP contribution in [-0.2, 0) is 4.79 Å². The first-order chi connectivity index (χ1) is 13.1. The van der Waals surface area contributed by atoms with E-state index in [1.165, 1.54) is 11.8 Å². The minimum atomic E-state index is -0.156. The number of carbonyl (C=O) groups is 1. The number of para-hydroxylation sites is 2. The first kappa shape index (κ1) is 18.6. The van der Waals surface area contributed by atoms with Gasteiger partial charge in [0.15, 0.2) is 0 Å². The molecule has 0 radical (unpaired) electrons. The van der Waals surface area contributed by atoms with E-state index < -0.39 is 0 Å². The summed E-state index contributed by atoms with van der Waals surface area (Å²) in [6.45, 7) is 4.02. The summed E-state index contributed by atoms with van der Waals surface area (Å²) in [5, 5.41) is 24.4. The lowest BCUT2D eigenvalue weighted by Crippen LogP contribution is -2.13. The molecule has 27 heavy (non-hydrogen) atoms. The van der Waals surface area contributed by atoms with Crippen molar-refractivity contribution < 1.29 is 4.79 Å². The molecule has 0 atom stereocenters. The molecule has 0 aliphatic heterocycles. The molecule has 136 valence electrons. The molecule has 0 spiro atoms. The maximum Gasteiger partial charge on any atom is 0.225 e. The lowest BCUT2D eigenvalue weighted by molar-refractivity contribution is -0.115. The van der Waals surface area contributed by atoms with E-state index in [1.807, 2.05) is 32.0 Å². The number of nitrogens with zero attached hydrogens (tertiary/aromatic N) is 5. The Hall–Kier alpha value is -3.18. The van der Waals surface area contributed by atoms with Gasteiger partial charge in [0, 0.05) is 12.2 Å². The van der Waals surface area contributed by atoms with Gasteiger partial charge < -0.3 is 5.32 Å². The van der Waals surface area contributed by atoms with E-state index in [9.17, 15) is 4.79 Å². The third-order valence-electron chi connectivity index (χ3n) is 3.97. The van der Waals surface area contributed by atoms with Crippen LogP contribution in [0.2, 0.25) is 0 Å². The van der Waals surface area contributed by atoms with E-state index in [0.29, 0.717) is 22.2 Å². The summed E-state index contributed by atoms with van der Waals surface area (Å²) in [4.78, 5) is 12.2. The average Bonchev–Trinajstić information content (AvgIpc) is 3.10. The van der Waals surface area contributed by atoms with Crippen LogP contribution in [0.3, 0.4) is 0 Å². The van der Waals surface area contributed by atoms with Gasteiger partial charge in [-0.3, -0.25) is 4.79 Å². The molecule has 0 fully saturated rings. The molecule has 0 bridgehead atoms. The number of thioether (sulfide) groups is 1. The van der Waals surface area contributed by atoms with Crippen LogP contribution in [-0.4, -0.2) is 31.9 Å². The van der Waals surface area contributed by atoms with Crippen molar-refractivity contribution in [2.24, 2.45) is 0 Å². The Morgan fingerprint density at radius 2 is 1.93 bits per heavy atom. The number of tetrazole rings is 1. The number of rotatable bonds is 6. The van der Waals surface area contributed by atoms with Gasteiger partial charge in [0.2, 0.25) is 11.1 Å². The predicted molar refractivity (Wildman–Crippen MR) is 104 cm³/mol. The van der Waals surface area contributed by atoms with Gasteiger partial charge in [-0.05, 0) is 47.5 Å². The first-order valence-electron chi connectivity index (χ1n) is 8.37. The van der Waals surface area contributed by atoms with E-state index in [0.717, 1.165) is 16.8 Å². The standard InChI is InChI=1S/C19H18N6OS/c1-13-6-5-7-14(2)18(13)25-19(22-23-24-25)27-11-10-17(26)21-16-9-4-3-8-15(16)12-20/h3-9H,10-11H2,1-2H3,(H,21,26). The fourth-order valence-corrected chi connectivity index (χ4v) is 3.50. The molecular weight excluding hydrogens is 360 g/mol. The number of carbonyl (C=O) groups excluding carboxylic acids is 1. The number of nitrogens with one attached hydrogen (secondary N) is 1. The van der Waals surface area contributed by atoms with Crippen molar-refractivity contribution in [3.63, 3.8) is 0 Å². The van der Waals surface area contributed by atoms with Crippen molar-refractivity contribution in [3.8, 4) is 11.8 Å². The van der Waals surface area contributed by atoms with Gasteiger partial charge in [-0.15, -0.1) is 5.10 Å². The Morgan fingerprint density at radius 1 is 1.19 bits per heavy atom. The molecule has 0 saturated carbocycles. The van der Waals surface area contributed by atoms with E-state index in [1.54, 1.807) is 28.9 Å². The molecular formula is C19H18N6OS. The Bertz CT molecular complexity index is 987. The molecule has 0 aliphatic carbocycles. The number of anilines is 1. The monoisotopic (exact) mass is 378 g/mol. The summed E-state index contributed by atoms with van der Waals surface area (Å²) in [7, 11) is 0. The lowest BCUT2D eigenvalue weighted by atomic mass is 10.1. The van der Waals surface area contributed by atoms with Crippen molar-refractivity contribution in [3.05, 3.63) is 59.2 Å². The second kappa shape index (κ2) is 8.47. The van der Waals surface area contributed by atoms with Gasteiger partial charge >= 0.3 is 0 Å². The molecule has 0 aliphatic rings. The molecule has 1 amide bonds. The Balaban J connectivity index is 1.63. The molecule has 7 nitrogen and oxygen atoms in total. The van der Waals surface area contributed by atoms with Crippen molar-refractivity contribution >= 4 is 23.4 Å². The van der Waals surface area contributed by atoms with Crippen molar-refractivity contribution in [1.29, 1.82) is 5.26 Å². The molecule has 1 N–H and O–H groups in total. The number of aryl methyl sites for hydroxylation is 2. The summed E-state index contributed by atoms with van der Waals surface area (Å²) in [6, 6.07) is 15.0. The van der Waals surface area contributed by atoms with E-state index in [4.69, 9.17) is 5.26 Å². The first-order valence-corrected chi connectivity index (χ1v) is 9.35. The highest BCUT2D eigenvalue weighted by Gasteiger charge is 2.14. The fraction of sp³-hybridized carbons (Fsp3) is 0.211. The van der Waals surface area contributed by atoms with Crippen molar-refractivity contribution in [1.82, 2.24) is 20.2 Å². The summed E-state index contributed by atoms with van der Waals surface area (Å²) in [6.07, 6.45) is 0.282. The van der Waals surface area contributed by atoms with Crippen LogP contribution >= 0.6 is 11.8 Å². The Labute approximate surface area is 161 Å². The zero-order valence-electron chi connectivity index (χ0n) is 15.0. The maximum atomic E-state index is 12.2. The van der Waals surface area contributed by atoms with Crippen molar-refractivity contribution in [2.45, 2.75) is 25.4 Å². The van der Waals surface area contributed by atoms with Gasteiger partial charge in [-0.1, -0.05) is 42.1 Å². The minimum Gasteiger partial charge on any atom is -0.325 e. The largest absolute Gasteiger partial charge is 0.325 e. The molecule has 1 heterocycles.